The van der Waals surface area contributed by atoms with Crippen LogP contribution in [0, 0.1) is 5.92 Å². The fourth-order valence-corrected chi connectivity index (χ4v) is 2.76. The van der Waals surface area contributed by atoms with Crippen LogP contribution in [-0.4, -0.2) is 35.9 Å². The summed E-state index contributed by atoms with van der Waals surface area (Å²) in [6, 6.07) is 8.06. The molecule has 8 nitrogen and oxygen atoms in total. The second-order valence-corrected chi connectivity index (χ2v) is 7.05. The molecular formula is C21H31N5O3. The quantitative estimate of drug-likeness (QED) is 0.441. The van der Waals surface area contributed by atoms with E-state index < -0.39 is 0 Å². The van der Waals surface area contributed by atoms with E-state index in [1.54, 1.807) is 0 Å². The van der Waals surface area contributed by atoms with Gasteiger partial charge in [0.1, 0.15) is 11.9 Å². The zero-order valence-corrected chi connectivity index (χ0v) is 17.5. The SMILES string of the molecule is CCNC(=NCc1ccccc1OCC1CC1)NCc1nc(C(C)OCC)no1. The van der Waals surface area contributed by atoms with Gasteiger partial charge in [-0.15, -0.1) is 0 Å². The number of rotatable bonds is 11. The first-order valence-electron chi connectivity index (χ1n) is 10.4. The Balaban J connectivity index is 1.57. The standard InChI is InChI=1S/C21H31N5O3/c1-4-22-21(24-13-19-25-20(26-29-19)15(3)27-5-2)23-12-17-8-6-7-9-18(17)28-14-16-10-11-16/h6-9,15-16H,4-5,10-14H2,1-3H3,(H2,22,23,24). The van der Waals surface area contributed by atoms with E-state index in [4.69, 9.17) is 14.0 Å². The molecule has 1 fully saturated rings. The molecular weight excluding hydrogens is 370 g/mol. The minimum Gasteiger partial charge on any atom is -0.493 e. The molecule has 0 amide bonds. The molecule has 2 aromatic rings. The zero-order valence-electron chi connectivity index (χ0n) is 17.5. The van der Waals surface area contributed by atoms with Crippen molar-refractivity contribution in [1.82, 2.24) is 20.8 Å². The molecule has 158 valence electrons. The summed E-state index contributed by atoms with van der Waals surface area (Å²) in [5.41, 5.74) is 1.07. The number of para-hydroxylation sites is 1. The summed E-state index contributed by atoms with van der Waals surface area (Å²) in [5, 5.41) is 10.4. The molecule has 0 bridgehead atoms. The molecule has 1 aliphatic rings. The number of guanidine groups is 1. The molecule has 1 unspecified atom stereocenters. The Bertz CT molecular complexity index is 788. The Morgan fingerprint density at radius 3 is 2.86 bits per heavy atom. The van der Waals surface area contributed by atoms with Gasteiger partial charge in [-0.1, -0.05) is 23.4 Å². The molecule has 0 aliphatic heterocycles. The molecule has 1 aromatic carbocycles. The number of nitrogens with one attached hydrogen (secondary N) is 2. The molecule has 0 saturated heterocycles. The van der Waals surface area contributed by atoms with E-state index in [-0.39, 0.29) is 6.10 Å². The molecule has 1 aromatic heterocycles. The summed E-state index contributed by atoms with van der Waals surface area (Å²) < 4.78 is 16.8. The molecule has 1 saturated carbocycles. The van der Waals surface area contributed by atoms with Gasteiger partial charge in [-0.05, 0) is 45.6 Å². The van der Waals surface area contributed by atoms with Crippen molar-refractivity contribution in [3.8, 4) is 5.75 Å². The van der Waals surface area contributed by atoms with Crippen molar-refractivity contribution >= 4 is 5.96 Å². The first kappa shape index (κ1) is 21.1. The average Bonchev–Trinajstić information content (AvgIpc) is 3.44. The van der Waals surface area contributed by atoms with Gasteiger partial charge in [-0.2, -0.15) is 4.98 Å². The lowest BCUT2D eigenvalue weighted by atomic mass is 10.2. The van der Waals surface area contributed by atoms with Crippen molar-refractivity contribution in [3.63, 3.8) is 0 Å². The largest absolute Gasteiger partial charge is 0.493 e. The number of aromatic nitrogens is 2. The highest BCUT2D eigenvalue weighted by Crippen LogP contribution is 2.30. The van der Waals surface area contributed by atoms with Crippen molar-refractivity contribution in [2.24, 2.45) is 10.9 Å². The minimum absolute atomic E-state index is 0.188. The van der Waals surface area contributed by atoms with Gasteiger partial charge >= 0.3 is 0 Å². The summed E-state index contributed by atoms with van der Waals surface area (Å²) in [5.74, 6) is 3.35. The third-order valence-electron chi connectivity index (χ3n) is 4.57. The van der Waals surface area contributed by atoms with E-state index in [1.807, 2.05) is 39.0 Å². The Labute approximate surface area is 172 Å². The number of hydrogen-bond donors (Lipinski definition) is 2. The second-order valence-electron chi connectivity index (χ2n) is 7.05. The lowest BCUT2D eigenvalue weighted by molar-refractivity contribution is 0.0683. The van der Waals surface area contributed by atoms with E-state index in [0.29, 0.717) is 37.4 Å². The Hall–Kier alpha value is -2.61. The van der Waals surface area contributed by atoms with E-state index in [9.17, 15) is 0 Å². The predicted octanol–water partition coefficient (Wildman–Crippen LogP) is 3.21. The maximum absolute atomic E-state index is 5.97. The van der Waals surface area contributed by atoms with Crippen LogP contribution in [0.2, 0.25) is 0 Å². The molecule has 2 N–H and O–H groups in total. The predicted molar refractivity (Wildman–Crippen MR) is 111 cm³/mol. The number of aliphatic imine (C=N–C) groups is 1. The van der Waals surface area contributed by atoms with Crippen LogP contribution in [0.4, 0.5) is 0 Å². The second kappa shape index (κ2) is 10.8. The van der Waals surface area contributed by atoms with Gasteiger partial charge in [0.2, 0.25) is 5.89 Å². The summed E-state index contributed by atoms with van der Waals surface area (Å²) in [6.07, 6.45) is 2.36. The molecule has 1 aliphatic carbocycles. The van der Waals surface area contributed by atoms with Gasteiger partial charge in [0, 0.05) is 18.7 Å². The van der Waals surface area contributed by atoms with Crippen LogP contribution >= 0.6 is 0 Å². The summed E-state index contributed by atoms with van der Waals surface area (Å²) in [4.78, 5) is 9.05. The minimum atomic E-state index is -0.188. The average molecular weight is 402 g/mol. The van der Waals surface area contributed by atoms with Crippen LogP contribution in [0.15, 0.2) is 33.8 Å². The van der Waals surface area contributed by atoms with E-state index >= 15 is 0 Å². The topological polar surface area (TPSA) is 93.8 Å². The van der Waals surface area contributed by atoms with Crippen molar-refractivity contribution in [2.45, 2.75) is 52.8 Å². The van der Waals surface area contributed by atoms with Crippen LogP contribution in [0.3, 0.4) is 0 Å². The van der Waals surface area contributed by atoms with E-state index in [1.165, 1.54) is 12.8 Å². The number of ether oxygens (including phenoxy) is 2. The Morgan fingerprint density at radius 1 is 1.28 bits per heavy atom. The molecule has 0 radical (unpaired) electrons. The molecule has 3 rings (SSSR count). The number of benzene rings is 1. The van der Waals surface area contributed by atoms with E-state index in [0.717, 1.165) is 30.4 Å². The molecule has 29 heavy (non-hydrogen) atoms. The molecule has 8 heteroatoms. The third kappa shape index (κ3) is 6.74. The van der Waals surface area contributed by atoms with Gasteiger partial charge in [0.25, 0.3) is 0 Å². The molecule has 1 heterocycles. The fraction of sp³-hybridized carbons (Fsp3) is 0.571. The fourth-order valence-electron chi connectivity index (χ4n) is 2.76. The van der Waals surface area contributed by atoms with Crippen LogP contribution < -0.4 is 15.4 Å². The number of nitrogens with zero attached hydrogens (tertiary/aromatic N) is 3. The smallest absolute Gasteiger partial charge is 0.246 e. The summed E-state index contributed by atoms with van der Waals surface area (Å²) in [7, 11) is 0. The van der Waals surface area contributed by atoms with Crippen LogP contribution in [0.1, 0.15) is 57.0 Å². The zero-order chi connectivity index (χ0) is 20.5. The summed E-state index contributed by atoms with van der Waals surface area (Å²) >= 11 is 0. The van der Waals surface area contributed by atoms with Gasteiger partial charge in [-0.25, -0.2) is 4.99 Å². The van der Waals surface area contributed by atoms with Crippen molar-refractivity contribution in [2.75, 3.05) is 19.8 Å². The normalized spacial score (nSPS) is 15.2. The first-order chi connectivity index (χ1) is 14.2. The molecule has 1 atom stereocenters. The highest BCUT2D eigenvalue weighted by Gasteiger charge is 2.22. The Kier molecular flexibility index (Phi) is 7.86. The van der Waals surface area contributed by atoms with Gasteiger partial charge < -0.3 is 24.6 Å². The highest BCUT2D eigenvalue weighted by molar-refractivity contribution is 5.79. The van der Waals surface area contributed by atoms with Crippen molar-refractivity contribution < 1.29 is 14.0 Å². The van der Waals surface area contributed by atoms with Gasteiger partial charge in [0.15, 0.2) is 11.8 Å². The number of hydrogen-bond acceptors (Lipinski definition) is 6. The van der Waals surface area contributed by atoms with Gasteiger partial charge in [-0.3, -0.25) is 0 Å². The van der Waals surface area contributed by atoms with Gasteiger partial charge in [0.05, 0.1) is 19.7 Å². The van der Waals surface area contributed by atoms with Crippen LogP contribution in [-0.2, 0) is 17.8 Å². The first-order valence-corrected chi connectivity index (χ1v) is 10.4. The lowest BCUT2D eigenvalue weighted by Gasteiger charge is -2.12. The monoisotopic (exact) mass is 401 g/mol. The highest BCUT2D eigenvalue weighted by atomic mass is 16.5. The third-order valence-corrected chi connectivity index (χ3v) is 4.57. The maximum Gasteiger partial charge on any atom is 0.246 e. The summed E-state index contributed by atoms with van der Waals surface area (Å²) in [6.45, 7) is 8.92. The van der Waals surface area contributed by atoms with E-state index in [2.05, 4.69) is 31.8 Å². The maximum atomic E-state index is 5.97. The Morgan fingerprint density at radius 2 is 2.10 bits per heavy atom. The molecule has 0 spiro atoms. The lowest BCUT2D eigenvalue weighted by Crippen LogP contribution is -2.36. The van der Waals surface area contributed by atoms with Crippen LogP contribution in [0.25, 0.3) is 0 Å². The van der Waals surface area contributed by atoms with Crippen molar-refractivity contribution in [3.05, 3.63) is 41.5 Å². The van der Waals surface area contributed by atoms with Crippen molar-refractivity contribution in [1.29, 1.82) is 0 Å². The van der Waals surface area contributed by atoms with Crippen LogP contribution in [0.5, 0.6) is 5.75 Å².